The first-order chi connectivity index (χ1) is 16.7. The molecule has 9 heteroatoms. The Morgan fingerprint density at radius 1 is 1.09 bits per heavy atom. The number of fused-ring (bicyclic) bond motifs is 1. The zero-order valence-corrected chi connectivity index (χ0v) is 21.9. The lowest BCUT2D eigenvalue weighted by atomic mass is 10.0. The van der Waals surface area contributed by atoms with E-state index in [4.69, 9.17) is 23.7 Å². The van der Waals surface area contributed by atoms with Crippen LogP contribution in [0.4, 0.5) is 5.69 Å². The summed E-state index contributed by atoms with van der Waals surface area (Å²) in [5, 5.41) is 3.93. The van der Waals surface area contributed by atoms with E-state index < -0.39 is 25.9 Å². The summed E-state index contributed by atoms with van der Waals surface area (Å²) in [6.07, 6.45) is 1.99. The molecule has 2 aromatic carbocycles. The molecule has 0 spiro atoms. The molecule has 1 N–H and O–H groups in total. The summed E-state index contributed by atoms with van der Waals surface area (Å²) < 4.78 is 28.2. The molecule has 0 fully saturated rings. The fourth-order valence-corrected chi connectivity index (χ4v) is 8.05. The van der Waals surface area contributed by atoms with Gasteiger partial charge in [0.25, 0.3) is 11.9 Å². The normalized spacial score (nSPS) is 18.2. The van der Waals surface area contributed by atoms with Gasteiger partial charge in [0.15, 0.2) is 11.5 Å². The molecule has 1 amide bonds. The largest absolute Gasteiger partial charge is 0.494 e. The Labute approximate surface area is 206 Å². The minimum atomic E-state index is -1.71. The van der Waals surface area contributed by atoms with Crippen molar-refractivity contribution in [3.8, 4) is 23.0 Å². The topological polar surface area (TPSA) is 92.3 Å². The number of carbonyl (C=O) groups excluding carboxylic acids is 2. The summed E-state index contributed by atoms with van der Waals surface area (Å²) in [6, 6.07) is 8.40. The van der Waals surface area contributed by atoms with Crippen molar-refractivity contribution >= 4 is 30.6 Å². The molecule has 0 radical (unpaired) electrons. The van der Waals surface area contributed by atoms with Crippen molar-refractivity contribution in [2.75, 3.05) is 26.6 Å². The van der Waals surface area contributed by atoms with Crippen LogP contribution in [0.15, 0.2) is 36.3 Å². The first kappa shape index (κ1) is 24.7. The Morgan fingerprint density at radius 2 is 1.77 bits per heavy atom. The van der Waals surface area contributed by atoms with Gasteiger partial charge in [-0.05, 0) is 41.8 Å². The maximum Gasteiger partial charge on any atom is 0.289 e. The average molecular weight is 498 g/mol. The van der Waals surface area contributed by atoms with Crippen LogP contribution in [0.2, 0.25) is 19.1 Å². The highest BCUT2D eigenvalue weighted by Crippen LogP contribution is 2.39. The van der Waals surface area contributed by atoms with E-state index in [1.807, 2.05) is 6.92 Å². The van der Waals surface area contributed by atoms with Gasteiger partial charge in [-0.3, -0.25) is 9.59 Å². The number of amides is 1. The van der Waals surface area contributed by atoms with Crippen molar-refractivity contribution in [1.29, 1.82) is 0 Å². The number of nitrogens with one attached hydrogen (secondary N) is 1. The van der Waals surface area contributed by atoms with Gasteiger partial charge < -0.3 is 29.0 Å². The molecule has 1 atom stereocenters. The predicted octanol–water partition coefficient (Wildman–Crippen LogP) is 3.71. The van der Waals surface area contributed by atoms with E-state index in [2.05, 4.69) is 24.5 Å². The number of rotatable bonds is 7. The maximum absolute atomic E-state index is 13.0. The number of ketones is 1. The number of benzene rings is 2. The van der Waals surface area contributed by atoms with Crippen molar-refractivity contribution in [2.45, 2.75) is 45.0 Å². The van der Waals surface area contributed by atoms with Gasteiger partial charge in [0.1, 0.15) is 17.2 Å². The van der Waals surface area contributed by atoms with Crippen LogP contribution >= 0.6 is 0 Å². The van der Waals surface area contributed by atoms with Crippen LogP contribution < -0.4 is 29.5 Å². The summed E-state index contributed by atoms with van der Waals surface area (Å²) in [5.74, 6) is 0.785. The Hall–Kier alpha value is -3.46. The molecule has 0 saturated carbocycles. The molecule has 1 unspecified atom stereocenters. The van der Waals surface area contributed by atoms with Gasteiger partial charge in [-0.1, -0.05) is 37.7 Å². The molecule has 2 heterocycles. The van der Waals surface area contributed by atoms with E-state index in [0.717, 1.165) is 12.0 Å². The SMILES string of the molecule is COc1cccc(OC)c1NC(=O)C1OC(Oc2c(C)cc3c(c2OC)[Si](C)(C)CCC3)=CC1=O. The molecule has 0 aromatic heterocycles. The molecule has 2 aliphatic rings. The molecule has 2 aliphatic heterocycles. The van der Waals surface area contributed by atoms with Crippen LogP contribution in [-0.2, 0) is 20.7 Å². The molecule has 8 nitrogen and oxygen atoms in total. The number of ether oxygens (including phenoxy) is 5. The number of anilines is 1. The highest BCUT2D eigenvalue weighted by molar-refractivity contribution is 6.91. The van der Waals surface area contributed by atoms with Crippen LogP contribution in [0.1, 0.15) is 17.5 Å². The second kappa shape index (κ2) is 9.65. The number of carbonyl (C=O) groups is 2. The third-order valence-electron chi connectivity index (χ3n) is 6.50. The molecular formula is C26H31NO7Si. The van der Waals surface area contributed by atoms with E-state index in [9.17, 15) is 9.59 Å². The third kappa shape index (κ3) is 4.60. The summed E-state index contributed by atoms with van der Waals surface area (Å²) >= 11 is 0. The monoisotopic (exact) mass is 497 g/mol. The lowest BCUT2D eigenvalue weighted by Gasteiger charge is -2.33. The Bertz CT molecular complexity index is 1180. The third-order valence-corrected chi connectivity index (χ3v) is 10.0. The number of aryl methyl sites for hydroxylation is 2. The van der Waals surface area contributed by atoms with Crippen LogP contribution in [0.5, 0.6) is 23.0 Å². The predicted molar refractivity (Wildman–Crippen MR) is 135 cm³/mol. The Kier molecular flexibility index (Phi) is 6.80. The molecule has 186 valence electrons. The quantitative estimate of drug-likeness (QED) is 0.461. The lowest BCUT2D eigenvalue weighted by Crippen LogP contribution is -2.47. The highest BCUT2D eigenvalue weighted by Gasteiger charge is 2.38. The van der Waals surface area contributed by atoms with Gasteiger partial charge in [-0.2, -0.15) is 0 Å². The van der Waals surface area contributed by atoms with Gasteiger partial charge in [0, 0.05) is 0 Å². The molecule has 35 heavy (non-hydrogen) atoms. The smallest absolute Gasteiger partial charge is 0.289 e. The summed E-state index contributed by atoms with van der Waals surface area (Å²) in [6.45, 7) is 6.60. The number of methoxy groups -OCH3 is 3. The van der Waals surface area contributed by atoms with E-state index in [1.54, 1.807) is 25.3 Å². The van der Waals surface area contributed by atoms with Gasteiger partial charge in [0.2, 0.25) is 11.9 Å². The lowest BCUT2D eigenvalue weighted by molar-refractivity contribution is -0.134. The molecule has 0 saturated heterocycles. The average Bonchev–Trinajstić information content (AvgIpc) is 3.19. The van der Waals surface area contributed by atoms with E-state index in [0.29, 0.717) is 28.7 Å². The molecule has 0 aliphatic carbocycles. The molecular weight excluding hydrogens is 466 g/mol. The summed E-state index contributed by atoms with van der Waals surface area (Å²) in [5.41, 5.74) is 2.50. The molecule has 4 rings (SSSR count). The van der Waals surface area contributed by atoms with Gasteiger partial charge in [-0.15, -0.1) is 0 Å². The molecule has 2 aromatic rings. The first-order valence-electron chi connectivity index (χ1n) is 11.5. The zero-order valence-electron chi connectivity index (χ0n) is 20.9. The van der Waals surface area contributed by atoms with Crippen molar-refractivity contribution < 1.29 is 33.3 Å². The fourth-order valence-electron chi connectivity index (χ4n) is 4.84. The Balaban J connectivity index is 1.57. The van der Waals surface area contributed by atoms with Crippen molar-refractivity contribution in [2.24, 2.45) is 0 Å². The highest BCUT2D eigenvalue weighted by atomic mass is 28.3. The van der Waals surface area contributed by atoms with Crippen LogP contribution in [0.3, 0.4) is 0 Å². The fraction of sp³-hybridized carbons (Fsp3) is 0.385. The van der Waals surface area contributed by atoms with Crippen molar-refractivity contribution in [3.63, 3.8) is 0 Å². The second-order valence-corrected chi connectivity index (χ2v) is 14.1. The minimum absolute atomic E-state index is 0.0428. The first-order valence-corrected chi connectivity index (χ1v) is 14.7. The van der Waals surface area contributed by atoms with Crippen LogP contribution in [-0.4, -0.2) is 47.2 Å². The van der Waals surface area contributed by atoms with Crippen LogP contribution in [0, 0.1) is 6.92 Å². The maximum atomic E-state index is 13.0. The zero-order chi connectivity index (χ0) is 25.3. The minimum Gasteiger partial charge on any atom is -0.494 e. The van der Waals surface area contributed by atoms with Gasteiger partial charge >= 0.3 is 0 Å². The molecule has 0 bridgehead atoms. The summed E-state index contributed by atoms with van der Waals surface area (Å²) in [4.78, 5) is 25.6. The van der Waals surface area contributed by atoms with Crippen molar-refractivity contribution in [3.05, 3.63) is 47.4 Å². The van der Waals surface area contributed by atoms with Gasteiger partial charge in [-0.25, -0.2) is 0 Å². The number of para-hydroxylation sites is 1. The second-order valence-electron chi connectivity index (χ2n) is 9.32. The van der Waals surface area contributed by atoms with E-state index >= 15 is 0 Å². The number of hydrogen-bond donors (Lipinski definition) is 1. The standard InChI is InChI=1S/C26H31NO7Si/c1-15-13-16-9-8-12-35(5,6)25(16)24(32-4)22(15)33-20-14-17(28)23(34-20)26(29)27-21-18(30-2)10-7-11-19(21)31-3/h7,10-11,13-14,23H,8-9,12H2,1-6H3,(H,27,29). The Morgan fingerprint density at radius 3 is 2.40 bits per heavy atom. The number of hydrogen-bond acceptors (Lipinski definition) is 7. The van der Waals surface area contributed by atoms with E-state index in [1.165, 1.54) is 43.5 Å². The van der Waals surface area contributed by atoms with E-state index in [-0.39, 0.29) is 5.95 Å². The van der Waals surface area contributed by atoms with Crippen LogP contribution in [0.25, 0.3) is 0 Å². The van der Waals surface area contributed by atoms with Gasteiger partial charge in [0.05, 0.1) is 35.5 Å². The van der Waals surface area contributed by atoms with Crippen molar-refractivity contribution in [1.82, 2.24) is 0 Å². The summed E-state index contributed by atoms with van der Waals surface area (Å²) in [7, 11) is 2.88.